The van der Waals surface area contributed by atoms with Crippen LogP contribution in [0.25, 0.3) is 10.8 Å². The predicted molar refractivity (Wildman–Crippen MR) is 122 cm³/mol. The summed E-state index contributed by atoms with van der Waals surface area (Å²) in [6.45, 7) is -0.724. The van der Waals surface area contributed by atoms with Crippen molar-refractivity contribution >= 4 is 54.6 Å². The molecule has 0 aliphatic heterocycles. The summed E-state index contributed by atoms with van der Waals surface area (Å²) in [6, 6.07) is 10.6. The number of non-ortho nitro benzene ring substituents is 1. The van der Waals surface area contributed by atoms with E-state index in [1.54, 1.807) is 12.1 Å². The van der Waals surface area contributed by atoms with Crippen LogP contribution in [0.1, 0.15) is 10.5 Å². The normalized spacial score (nSPS) is 11.2. The number of amides is 1. The van der Waals surface area contributed by atoms with Gasteiger partial charge >= 0.3 is 5.97 Å². The zero-order valence-electron chi connectivity index (χ0n) is 17.3. The molecular weight excluding hydrogens is 502 g/mol. The van der Waals surface area contributed by atoms with Crippen LogP contribution < -0.4 is 10.9 Å². The van der Waals surface area contributed by atoms with Crippen molar-refractivity contribution in [2.75, 3.05) is 11.9 Å². The van der Waals surface area contributed by atoms with Gasteiger partial charge in [0.25, 0.3) is 17.2 Å². The van der Waals surface area contributed by atoms with Crippen molar-refractivity contribution in [3.8, 4) is 0 Å². The van der Waals surface area contributed by atoms with Crippen LogP contribution in [0, 0.1) is 10.1 Å². The lowest BCUT2D eigenvalue weighted by Gasteiger charge is -2.06. The van der Waals surface area contributed by atoms with Crippen molar-refractivity contribution in [3.63, 3.8) is 0 Å². The van der Waals surface area contributed by atoms with Crippen molar-refractivity contribution in [1.29, 1.82) is 0 Å². The van der Waals surface area contributed by atoms with Crippen molar-refractivity contribution in [1.82, 2.24) is 15.2 Å². The first-order chi connectivity index (χ1) is 16.7. The number of hydrogen-bond donors (Lipinski definition) is 2. The average molecular weight is 515 g/mol. The molecule has 0 saturated carbocycles. The molecule has 0 unspecified atom stereocenters. The minimum absolute atomic E-state index is 0.0702. The summed E-state index contributed by atoms with van der Waals surface area (Å²) in [5.41, 5.74) is -0.933. The Bertz CT molecular complexity index is 1630. The van der Waals surface area contributed by atoms with Crippen LogP contribution >= 0.6 is 11.3 Å². The van der Waals surface area contributed by atoms with E-state index < -0.39 is 38.8 Å². The number of H-pyrrole nitrogens is 1. The van der Waals surface area contributed by atoms with E-state index in [1.807, 2.05) is 0 Å². The molecule has 13 nitrogen and oxygen atoms in total. The number of carbonyl (C=O) groups excluding carboxylic acids is 2. The number of sulfone groups is 1. The monoisotopic (exact) mass is 515 g/mol. The van der Waals surface area contributed by atoms with Crippen molar-refractivity contribution in [3.05, 3.63) is 80.9 Å². The first kappa shape index (κ1) is 23.7. The fraction of sp³-hybridized carbons (Fsp3) is 0.0500. The molecule has 35 heavy (non-hydrogen) atoms. The molecule has 2 aromatic heterocycles. The van der Waals surface area contributed by atoms with E-state index in [9.17, 15) is 32.9 Å². The second-order valence-corrected chi connectivity index (χ2v) is 10.0. The molecule has 0 saturated heterocycles. The van der Waals surface area contributed by atoms with Crippen molar-refractivity contribution < 1.29 is 27.7 Å². The zero-order valence-corrected chi connectivity index (χ0v) is 19.0. The lowest BCUT2D eigenvalue weighted by atomic mass is 10.1. The highest BCUT2D eigenvalue weighted by atomic mass is 32.2. The molecule has 0 fully saturated rings. The van der Waals surface area contributed by atoms with Gasteiger partial charge in [0.05, 0.1) is 21.4 Å². The molecule has 0 bridgehead atoms. The third-order valence-electron chi connectivity index (χ3n) is 4.58. The highest BCUT2D eigenvalue weighted by molar-refractivity contribution is 7.93. The first-order valence-corrected chi connectivity index (χ1v) is 11.9. The van der Waals surface area contributed by atoms with E-state index in [1.165, 1.54) is 12.1 Å². The van der Waals surface area contributed by atoms with Gasteiger partial charge in [0.15, 0.2) is 17.4 Å². The lowest BCUT2D eigenvalue weighted by Crippen LogP contribution is -2.22. The van der Waals surface area contributed by atoms with Crippen LogP contribution in [-0.2, 0) is 19.4 Å². The minimum Gasteiger partial charge on any atom is -0.451 e. The number of ether oxygens (including phenoxy) is 1. The maximum absolute atomic E-state index is 12.7. The summed E-state index contributed by atoms with van der Waals surface area (Å²) < 4.78 is 30.2. The molecule has 0 spiro atoms. The minimum atomic E-state index is -4.02. The van der Waals surface area contributed by atoms with Gasteiger partial charge in [-0.15, -0.1) is 0 Å². The summed E-state index contributed by atoms with van der Waals surface area (Å²) in [4.78, 5) is 50.1. The molecule has 0 aliphatic carbocycles. The van der Waals surface area contributed by atoms with Crippen molar-refractivity contribution in [2.24, 2.45) is 0 Å². The number of nitro groups is 1. The maximum atomic E-state index is 12.7. The molecule has 4 rings (SSSR count). The Labute approximate surface area is 199 Å². The molecule has 178 valence electrons. The van der Waals surface area contributed by atoms with E-state index in [4.69, 9.17) is 4.74 Å². The van der Waals surface area contributed by atoms with E-state index in [0.29, 0.717) is 11.3 Å². The molecule has 2 aromatic carbocycles. The molecule has 4 aromatic rings. The van der Waals surface area contributed by atoms with Crippen LogP contribution in [0.5, 0.6) is 0 Å². The third-order valence-corrected chi connectivity index (χ3v) is 7.72. The molecular formula is C20H13N5O8S2. The summed E-state index contributed by atoms with van der Waals surface area (Å²) in [5, 5.41) is 19.3. The quantitative estimate of drug-likeness (QED) is 0.209. The van der Waals surface area contributed by atoms with Gasteiger partial charge < -0.3 is 4.74 Å². The average Bonchev–Trinajstić information content (AvgIpc) is 3.32. The molecule has 2 heterocycles. The standard InChI is InChI=1S/C20H13N5O8S2/c26-15(10-33-19(28)17-13-3-1-2-4-14(13)18(27)24-23-17)22-20-21-9-16(34-20)35(31,32)12-7-5-11(6-8-12)25(29)30/h1-9H,10H2,(H,24,27)(H,21,22,26). The third kappa shape index (κ3) is 4.90. The highest BCUT2D eigenvalue weighted by Gasteiger charge is 2.23. The molecule has 15 heteroatoms. The Morgan fingerprint density at radius 3 is 2.49 bits per heavy atom. The Hall–Kier alpha value is -4.50. The number of nitrogens with zero attached hydrogens (tertiary/aromatic N) is 3. The van der Waals surface area contributed by atoms with Crippen LogP contribution in [0.3, 0.4) is 0 Å². The molecule has 0 aliphatic rings. The summed E-state index contributed by atoms with van der Waals surface area (Å²) >= 11 is 0.650. The van der Waals surface area contributed by atoms with Gasteiger partial charge in [0.1, 0.15) is 4.21 Å². The Morgan fingerprint density at radius 1 is 1.11 bits per heavy atom. The number of hydrogen-bond acceptors (Lipinski definition) is 11. The van der Waals surface area contributed by atoms with Crippen LogP contribution in [0.4, 0.5) is 10.8 Å². The summed E-state index contributed by atoms with van der Waals surface area (Å²) in [6.07, 6.45) is 1.03. The Balaban J connectivity index is 1.41. The Morgan fingerprint density at radius 2 is 1.80 bits per heavy atom. The lowest BCUT2D eigenvalue weighted by molar-refractivity contribution is -0.384. The topological polar surface area (TPSA) is 191 Å². The van der Waals surface area contributed by atoms with Gasteiger partial charge in [-0.3, -0.25) is 25.0 Å². The number of thiazole rings is 1. The fourth-order valence-electron chi connectivity index (χ4n) is 2.93. The first-order valence-electron chi connectivity index (χ1n) is 9.56. The number of aromatic nitrogens is 3. The number of fused-ring (bicyclic) bond motifs is 1. The number of anilines is 1. The number of carbonyl (C=O) groups is 2. The fourth-order valence-corrected chi connectivity index (χ4v) is 5.38. The Kier molecular flexibility index (Phi) is 6.35. The maximum Gasteiger partial charge on any atom is 0.359 e. The van der Waals surface area contributed by atoms with Crippen LogP contribution in [-0.4, -0.2) is 47.0 Å². The van der Waals surface area contributed by atoms with Gasteiger partial charge in [-0.2, -0.15) is 5.10 Å². The van der Waals surface area contributed by atoms with E-state index >= 15 is 0 Å². The number of esters is 1. The predicted octanol–water partition coefficient (Wildman–Crippen LogP) is 1.92. The van der Waals surface area contributed by atoms with Gasteiger partial charge in [-0.05, 0) is 18.2 Å². The molecule has 2 N–H and O–H groups in total. The van der Waals surface area contributed by atoms with E-state index in [2.05, 4.69) is 20.5 Å². The number of rotatable bonds is 7. The van der Waals surface area contributed by atoms with Crippen LogP contribution in [0.2, 0.25) is 0 Å². The number of aromatic amines is 1. The highest BCUT2D eigenvalue weighted by Crippen LogP contribution is 2.29. The number of nitro benzene ring substituents is 1. The van der Waals surface area contributed by atoms with Crippen LogP contribution in [0.15, 0.2) is 68.6 Å². The second-order valence-electron chi connectivity index (χ2n) is 6.81. The number of nitrogens with one attached hydrogen (secondary N) is 2. The molecule has 1 amide bonds. The van der Waals surface area contributed by atoms with Gasteiger partial charge in [-0.25, -0.2) is 23.3 Å². The van der Waals surface area contributed by atoms with Gasteiger partial charge in [0.2, 0.25) is 9.84 Å². The summed E-state index contributed by atoms with van der Waals surface area (Å²) in [5.74, 6) is -1.74. The SMILES string of the molecule is O=C(COC(=O)c1n[nH]c(=O)c2ccccc12)Nc1ncc(S(=O)(=O)c2ccc([N+](=O)[O-])cc2)s1. The van der Waals surface area contributed by atoms with Gasteiger partial charge in [0, 0.05) is 17.5 Å². The molecule has 0 radical (unpaired) electrons. The summed E-state index contributed by atoms with van der Waals surface area (Å²) in [7, 11) is -4.02. The van der Waals surface area contributed by atoms with E-state index in [0.717, 1.165) is 30.5 Å². The van der Waals surface area contributed by atoms with Crippen molar-refractivity contribution in [2.45, 2.75) is 9.10 Å². The van der Waals surface area contributed by atoms with Gasteiger partial charge in [-0.1, -0.05) is 29.5 Å². The zero-order chi connectivity index (χ0) is 25.2. The number of benzene rings is 2. The van der Waals surface area contributed by atoms with E-state index in [-0.39, 0.29) is 36.4 Å². The second kappa shape index (κ2) is 9.40. The largest absolute Gasteiger partial charge is 0.451 e. The molecule has 0 atom stereocenters. The smallest absolute Gasteiger partial charge is 0.359 e.